The summed E-state index contributed by atoms with van der Waals surface area (Å²) in [7, 11) is 1.97. The number of aromatic nitrogens is 2. The minimum Gasteiger partial charge on any atom is -0.393 e. The Morgan fingerprint density at radius 1 is 1.50 bits per heavy atom. The fourth-order valence-electron chi connectivity index (χ4n) is 1.54. The smallest absolute Gasteiger partial charge is 0.0537 e. The fourth-order valence-corrected chi connectivity index (χ4v) is 1.54. The summed E-state index contributed by atoms with van der Waals surface area (Å²) in [6, 6.07) is 2.05. The Labute approximate surface area is 85.8 Å². The molecule has 3 heteroatoms. The second-order valence-electron chi connectivity index (χ2n) is 3.75. The Morgan fingerprint density at radius 2 is 2.29 bits per heavy atom. The molecule has 1 atom stereocenters. The maximum absolute atomic E-state index is 9.35. The van der Waals surface area contributed by atoms with Gasteiger partial charge in [-0.05, 0) is 31.7 Å². The van der Waals surface area contributed by atoms with E-state index in [0.717, 1.165) is 32.1 Å². The molecule has 0 amide bonds. The summed E-state index contributed by atoms with van der Waals surface area (Å²) in [4.78, 5) is 0. The van der Waals surface area contributed by atoms with Gasteiger partial charge in [-0.25, -0.2) is 0 Å². The lowest BCUT2D eigenvalue weighted by atomic mass is 10.1. The molecule has 1 unspecified atom stereocenters. The average Bonchev–Trinajstić information content (AvgIpc) is 2.58. The Kier molecular flexibility index (Phi) is 4.66. The van der Waals surface area contributed by atoms with Gasteiger partial charge in [-0.3, -0.25) is 4.68 Å². The molecule has 3 nitrogen and oxygen atoms in total. The summed E-state index contributed by atoms with van der Waals surface area (Å²) in [6.45, 7) is 2.02. The van der Waals surface area contributed by atoms with Crippen LogP contribution in [0.5, 0.6) is 0 Å². The van der Waals surface area contributed by atoms with Crippen molar-refractivity contribution in [3.8, 4) is 0 Å². The van der Waals surface area contributed by atoms with Gasteiger partial charge in [-0.2, -0.15) is 5.10 Å². The molecular formula is C11H20N2O. The van der Waals surface area contributed by atoms with E-state index in [1.165, 1.54) is 5.69 Å². The normalized spacial score (nSPS) is 13.1. The van der Waals surface area contributed by atoms with Gasteiger partial charge < -0.3 is 5.11 Å². The highest BCUT2D eigenvalue weighted by molar-refractivity contribution is 4.99. The molecule has 14 heavy (non-hydrogen) atoms. The van der Waals surface area contributed by atoms with Crippen LogP contribution in [-0.4, -0.2) is 21.0 Å². The molecule has 0 aliphatic carbocycles. The van der Waals surface area contributed by atoms with Gasteiger partial charge >= 0.3 is 0 Å². The van der Waals surface area contributed by atoms with Crippen LogP contribution in [0.25, 0.3) is 0 Å². The van der Waals surface area contributed by atoms with Crippen molar-refractivity contribution in [1.82, 2.24) is 9.78 Å². The van der Waals surface area contributed by atoms with Crippen molar-refractivity contribution >= 4 is 0 Å². The third kappa shape index (κ3) is 3.50. The molecule has 0 aromatic carbocycles. The number of hydrogen-bond acceptors (Lipinski definition) is 2. The minimum atomic E-state index is -0.110. The van der Waals surface area contributed by atoms with Gasteiger partial charge in [0, 0.05) is 18.9 Å². The monoisotopic (exact) mass is 196 g/mol. The number of nitrogens with zero attached hydrogens (tertiary/aromatic N) is 2. The standard InChI is InChI=1S/C11H20N2O/c1-3-11(14)7-5-4-6-10-8-9-12-13(10)2/h8-9,11,14H,3-7H2,1-2H3. The van der Waals surface area contributed by atoms with E-state index < -0.39 is 0 Å². The molecule has 1 N–H and O–H groups in total. The SMILES string of the molecule is CCC(O)CCCCc1ccnn1C. The molecule has 80 valence electrons. The number of aliphatic hydroxyl groups excluding tert-OH is 1. The zero-order chi connectivity index (χ0) is 10.4. The molecule has 0 fully saturated rings. The minimum absolute atomic E-state index is 0.110. The Bertz CT molecular complexity index is 258. The van der Waals surface area contributed by atoms with Crippen LogP contribution in [0.4, 0.5) is 0 Å². The largest absolute Gasteiger partial charge is 0.393 e. The van der Waals surface area contributed by atoms with Gasteiger partial charge in [0.2, 0.25) is 0 Å². The number of aliphatic hydroxyl groups is 1. The fraction of sp³-hybridized carbons (Fsp3) is 0.727. The number of rotatable bonds is 6. The van der Waals surface area contributed by atoms with E-state index >= 15 is 0 Å². The van der Waals surface area contributed by atoms with Gasteiger partial charge in [-0.15, -0.1) is 0 Å². The van der Waals surface area contributed by atoms with Crippen LogP contribution in [0.1, 0.15) is 38.3 Å². The van der Waals surface area contributed by atoms with Gasteiger partial charge in [0.25, 0.3) is 0 Å². The van der Waals surface area contributed by atoms with Crippen LogP contribution in [0.15, 0.2) is 12.3 Å². The van der Waals surface area contributed by atoms with E-state index in [9.17, 15) is 5.11 Å². The maximum atomic E-state index is 9.35. The van der Waals surface area contributed by atoms with E-state index in [1.807, 2.05) is 24.9 Å². The molecule has 0 radical (unpaired) electrons. The molecule has 0 aliphatic rings. The van der Waals surface area contributed by atoms with E-state index in [2.05, 4.69) is 11.2 Å². The van der Waals surface area contributed by atoms with Crippen LogP contribution in [0, 0.1) is 0 Å². The zero-order valence-electron chi connectivity index (χ0n) is 9.11. The molecule has 0 saturated heterocycles. The highest BCUT2D eigenvalue weighted by atomic mass is 16.3. The quantitative estimate of drug-likeness (QED) is 0.706. The topological polar surface area (TPSA) is 38.1 Å². The first-order valence-electron chi connectivity index (χ1n) is 5.39. The van der Waals surface area contributed by atoms with Crippen molar-refractivity contribution in [2.24, 2.45) is 7.05 Å². The maximum Gasteiger partial charge on any atom is 0.0537 e. The van der Waals surface area contributed by atoms with Gasteiger partial charge in [-0.1, -0.05) is 13.3 Å². The molecule has 1 aromatic rings. The van der Waals surface area contributed by atoms with Crippen molar-refractivity contribution < 1.29 is 5.11 Å². The summed E-state index contributed by atoms with van der Waals surface area (Å²) in [5.41, 5.74) is 1.27. The van der Waals surface area contributed by atoms with Crippen LogP contribution in [-0.2, 0) is 13.5 Å². The summed E-state index contributed by atoms with van der Waals surface area (Å²) >= 11 is 0. The molecule has 1 aromatic heterocycles. The van der Waals surface area contributed by atoms with Crippen LogP contribution in [0.3, 0.4) is 0 Å². The summed E-state index contributed by atoms with van der Waals surface area (Å²) in [5, 5.41) is 13.5. The molecule has 0 aliphatic heterocycles. The van der Waals surface area contributed by atoms with Gasteiger partial charge in [0.1, 0.15) is 0 Å². The van der Waals surface area contributed by atoms with Crippen molar-refractivity contribution in [2.45, 2.75) is 45.1 Å². The number of aryl methyl sites for hydroxylation is 2. The Hall–Kier alpha value is -0.830. The highest BCUT2D eigenvalue weighted by Gasteiger charge is 2.01. The van der Waals surface area contributed by atoms with Crippen LogP contribution < -0.4 is 0 Å². The third-order valence-corrected chi connectivity index (χ3v) is 2.61. The van der Waals surface area contributed by atoms with E-state index in [1.54, 1.807) is 0 Å². The lowest BCUT2D eigenvalue weighted by molar-refractivity contribution is 0.157. The molecule has 1 rings (SSSR count). The summed E-state index contributed by atoms with van der Waals surface area (Å²) < 4.78 is 1.91. The Balaban J connectivity index is 2.13. The third-order valence-electron chi connectivity index (χ3n) is 2.61. The number of hydrogen-bond donors (Lipinski definition) is 1. The lowest BCUT2D eigenvalue weighted by Gasteiger charge is -2.06. The predicted molar refractivity (Wildman–Crippen MR) is 57.1 cm³/mol. The second-order valence-corrected chi connectivity index (χ2v) is 3.75. The van der Waals surface area contributed by atoms with Crippen LogP contribution in [0.2, 0.25) is 0 Å². The van der Waals surface area contributed by atoms with Crippen molar-refractivity contribution in [3.63, 3.8) is 0 Å². The first kappa shape index (κ1) is 11.2. The van der Waals surface area contributed by atoms with E-state index in [4.69, 9.17) is 0 Å². The van der Waals surface area contributed by atoms with E-state index in [0.29, 0.717) is 0 Å². The van der Waals surface area contributed by atoms with Crippen molar-refractivity contribution in [1.29, 1.82) is 0 Å². The second kappa shape index (κ2) is 5.81. The zero-order valence-corrected chi connectivity index (χ0v) is 9.11. The molecular weight excluding hydrogens is 176 g/mol. The highest BCUT2D eigenvalue weighted by Crippen LogP contribution is 2.08. The van der Waals surface area contributed by atoms with E-state index in [-0.39, 0.29) is 6.10 Å². The first-order chi connectivity index (χ1) is 6.74. The lowest BCUT2D eigenvalue weighted by Crippen LogP contribution is -2.04. The molecule has 0 spiro atoms. The first-order valence-corrected chi connectivity index (χ1v) is 5.39. The van der Waals surface area contributed by atoms with Gasteiger partial charge in [0.15, 0.2) is 0 Å². The molecule has 1 heterocycles. The van der Waals surface area contributed by atoms with Crippen molar-refractivity contribution in [3.05, 3.63) is 18.0 Å². The van der Waals surface area contributed by atoms with Gasteiger partial charge in [0.05, 0.1) is 6.10 Å². The number of unbranched alkanes of at least 4 members (excludes halogenated alkanes) is 1. The summed E-state index contributed by atoms with van der Waals surface area (Å²) in [5.74, 6) is 0. The van der Waals surface area contributed by atoms with Crippen molar-refractivity contribution in [2.75, 3.05) is 0 Å². The molecule has 0 saturated carbocycles. The van der Waals surface area contributed by atoms with Crippen LogP contribution >= 0.6 is 0 Å². The predicted octanol–water partition coefficient (Wildman–Crippen LogP) is 1.90. The summed E-state index contributed by atoms with van der Waals surface area (Å²) in [6.07, 6.45) is 6.81. The average molecular weight is 196 g/mol. The Morgan fingerprint density at radius 3 is 2.86 bits per heavy atom. The molecule has 0 bridgehead atoms.